The number of pyridine rings is 1. The van der Waals surface area contributed by atoms with E-state index in [1.54, 1.807) is 23.0 Å². The minimum absolute atomic E-state index is 0.0455. The second-order valence-electron chi connectivity index (χ2n) is 6.28. The number of rotatable bonds is 3. The highest BCUT2D eigenvalue weighted by molar-refractivity contribution is 5.94. The fraction of sp³-hybridized carbons (Fsp3) is 0.353. The van der Waals surface area contributed by atoms with Crippen LogP contribution in [0.25, 0.3) is 5.65 Å². The summed E-state index contributed by atoms with van der Waals surface area (Å²) in [5, 5.41) is 19.4. The van der Waals surface area contributed by atoms with Crippen LogP contribution < -0.4 is 5.32 Å². The summed E-state index contributed by atoms with van der Waals surface area (Å²) in [5.74, 6) is 0.831. The van der Waals surface area contributed by atoms with Gasteiger partial charge in [-0.15, -0.1) is 15.3 Å². The molecule has 1 aliphatic rings. The Kier molecular flexibility index (Phi) is 4.01. The monoisotopic (exact) mass is 337 g/mol. The molecule has 1 amide bonds. The number of hydrogen-bond donors (Lipinski definition) is 1. The number of aromatic nitrogens is 5. The highest BCUT2D eigenvalue weighted by atomic mass is 16.2. The van der Waals surface area contributed by atoms with Crippen molar-refractivity contribution in [3.05, 3.63) is 48.0 Å². The summed E-state index contributed by atoms with van der Waals surface area (Å²) in [6.07, 6.45) is 5.15. The molecule has 128 valence electrons. The second-order valence-corrected chi connectivity index (χ2v) is 6.28. The first-order valence-corrected chi connectivity index (χ1v) is 8.34. The van der Waals surface area contributed by atoms with E-state index in [-0.39, 0.29) is 5.91 Å². The number of hydrogen-bond acceptors (Lipinski definition) is 6. The molecule has 25 heavy (non-hydrogen) atoms. The Morgan fingerprint density at radius 2 is 1.96 bits per heavy atom. The lowest BCUT2D eigenvalue weighted by atomic mass is 10.0. The summed E-state index contributed by atoms with van der Waals surface area (Å²) in [6.45, 7) is 3.35. The first kappa shape index (κ1) is 15.5. The zero-order valence-electron chi connectivity index (χ0n) is 14.0. The van der Waals surface area contributed by atoms with Crippen molar-refractivity contribution in [1.82, 2.24) is 29.7 Å². The summed E-state index contributed by atoms with van der Waals surface area (Å²) >= 11 is 0. The maximum absolute atomic E-state index is 12.7. The summed E-state index contributed by atoms with van der Waals surface area (Å²) < 4.78 is 1.76. The molecule has 8 nitrogen and oxygen atoms in total. The highest BCUT2D eigenvalue weighted by Gasteiger charge is 2.24. The number of anilines is 1. The molecule has 0 bridgehead atoms. The number of fused-ring (bicyclic) bond motifs is 1. The maximum atomic E-state index is 12.7. The van der Waals surface area contributed by atoms with Crippen LogP contribution in [0.4, 0.5) is 5.82 Å². The Morgan fingerprint density at radius 3 is 2.72 bits per heavy atom. The molecule has 0 aromatic carbocycles. The van der Waals surface area contributed by atoms with Crippen molar-refractivity contribution in [2.24, 2.45) is 0 Å². The molecule has 0 radical (unpaired) electrons. The van der Waals surface area contributed by atoms with Gasteiger partial charge in [-0.25, -0.2) is 0 Å². The summed E-state index contributed by atoms with van der Waals surface area (Å²) in [6, 6.07) is 7.80. The maximum Gasteiger partial charge on any atom is 0.255 e. The van der Waals surface area contributed by atoms with Crippen LogP contribution in [0.3, 0.4) is 0 Å². The smallest absolute Gasteiger partial charge is 0.255 e. The minimum atomic E-state index is 0.0455. The summed E-state index contributed by atoms with van der Waals surface area (Å²) in [4.78, 5) is 14.6. The number of amides is 1. The highest BCUT2D eigenvalue weighted by Crippen LogP contribution is 2.17. The molecule has 1 fully saturated rings. The third-order valence-corrected chi connectivity index (χ3v) is 4.47. The van der Waals surface area contributed by atoms with Crippen molar-refractivity contribution >= 4 is 17.4 Å². The minimum Gasteiger partial charge on any atom is -0.366 e. The zero-order valence-corrected chi connectivity index (χ0v) is 14.0. The number of aryl methyl sites for hydroxylation is 1. The molecule has 4 heterocycles. The number of carbonyl (C=O) groups excluding carboxylic acids is 1. The molecule has 3 aromatic heterocycles. The Balaban J connectivity index is 1.37. The summed E-state index contributed by atoms with van der Waals surface area (Å²) in [7, 11) is 0. The standard InChI is InChI=1S/C17H19N7O/c1-12-2-4-15(21-20-12)19-14-6-8-23(9-7-14)17(25)13-3-5-16-22-18-11-24(16)10-13/h2-5,10-11,14H,6-9H2,1H3,(H,19,21). The number of likely N-dealkylation sites (tertiary alicyclic amines) is 1. The van der Waals surface area contributed by atoms with E-state index >= 15 is 0 Å². The lowest BCUT2D eigenvalue weighted by molar-refractivity contribution is 0.0718. The topological polar surface area (TPSA) is 88.3 Å². The van der Waals surface area contributed by atoms with Gasteiger partial charge in [-0.3, -0.25) is 9.20 Å². The third kappa shape index (κ3) is 3.28. The SMILES string of the molecule is Cc1ccc(NC2CCN(C(=O)c3ccc4nncn4c3)CC2)nn1. The van der Waals surface area contributed by atoms with E-state index in [1.807, 2.05) is 30.0 Å². The van der Waals surface area contributed by atoms with Gasteiger partial charge in [0.1, 0.15) is 12.1 Å². The summed E-state index contributed by atoms with van der Waals surface area (Å²) in [5.41, 5.74) is 2.29. The molecule has 0 atom stereocenters. The Morgan fingerprint density at radius 1 is 1.12 bits per heavy atom. The van der Waals surface area contributed by atoms with E-state index < -0.39 is 0 Å². The number of nitrogens with zero attached hydrogens (tertiary/aromatic N) is 6. The number of nitrogens with one attached hydrogen (secondary N) is 1. The predicted octanol–water partition coefficient (Wildman–Crippen LogP) is 1.54. The molecular weight excluding hydrogens is 318 g/mol. The molecule has 1 saturated heterocycles. The van der Waals surface area contributed by atoms with Crippen LogP contribution >= 0.6 is 0 Å². The predicted molar refractivity (Wildman–Crippen MR) is 92.3 cm³/mol. The number of piperidine rings is 1. The lowest BCUT2D eigenvalue weighted by Gasteiger charge is -2.32. The molecule has 0 unspecified atom stereocenters. The van der Waals surface area contributed by atoms with Gasteiger partial charge in [-0.2, -0.15) is 5.10 Å². The first-order chi connectivity index (χ1) is 12.2. The van der Waals surface area contributed by atoms with Crippen LogP contribution in [0.15, 0.2) is 36.8 Å². The molecule has 0 saturated carbocycles. The van der Waals surface area contributed by atoms with E-state index in [4.69, 9.17) is 0 Å². The fourth-order valence-electron chi connectivity index (χ4n) is 3.05. The normalized spacial score (nSPS) is 15.5. The Labute approximate surface area is 144 Å². The molecule has 4 rings (SSSR count). The quantitative estimate of drug-likeness (QED) is 0.780. The Bertz CT molecular complexity index is 881. The first-order valence-electron chi connectivity index (χ1n) is 8.34. The van der Waals surface area contributed by atoms with Crippen molar-refractivity contribution in [1.29, 1.82) is 0 Å². The molecule has 8 heteroatoms. The molecule has 1 aliphatic heterocycles. The van der Waals surface area contributed by atoms with Gasteiger partial charge in [0.05, 0.1) is 11.3 Å². The van der Waals surface area contributed by atoms with Gasteiger partial charge in [0.15, 0.2) is 5.65 Å². The largest absolute Gasteiger partial charge is 0.366 e. The van der Waals surface area contributed by atoms with Gasteiger partial charge >= 0.3 is 0 Å². The van der Waals surface area contributed by atoms with Crippen LogP contribution in [0.5, 0.6) is 0 Å². The van der Waals surface area contributed by atoms with Crippen molar-refractivity contribution in [2.75, 3.05) is 18.4 Å². The molecule has 0 spiro atoms. The van der Waals surface area contributed by atoms with E-state index in [0.29, 0.717) is 11.6 Å². The molecule has 1 N–H and O–H groups in total. The van der Waals surface area contributed by atoms with Crippen LogP contribution in [0.2, 0.25) is 0 Å². The van der Waals surface area contributed by atoms with Crippen molar-refractivity contribution < 1.29 is 4.79 Å². The van der Waals surface area contributed by atoms with Crippen LogP contribution in [0.1, 0.15) is 28.9 Å². The van der Waals surface area contributed by atoms with Gasteiger partial charge in [0, 0.05) is 25.3 Å². The lowest BCUT2D eigenvalue weighted by Crippen LogP contribution is -2.42. The van der Waals surface area contributed by atoms with Gasteiger partial charge in [-0.1, -0.05) is 0 Å². The van der Waals surface area contributed by atoms with Crippen LogP contribution in [-0.4, -0.2) is 54.7 Å². The van der Waals surface area contributed by atoms with Gasteiger partial charge in [0.25, 0.3) is 5.91 Å². The average Bonchev–Trinajstić information content (AvgIpc) is 3.11. The second kappa shape index (κ2) is 6.46. The van der Waals surface area contributed by atoms with E-state index in [9.17, 15) is 4.79 Å². The number of carbonyl (C=O) groups is 1. The molecule has 0 aliphatic carbocycles. The fourth-order valence-corrected chi connectivity index (χ4v) is 3.05. The van der Waals surface area contributed by atoms with Gasteiger partial charge < -0.3 is 10.2 Å². The Hall–Kier alpha value is -3.03. The van der Waals surface area contributed by atoms with Crippen molar-refractivity contribution in [3.63, 3.8) is 0 Å². The van der Waals surface area contributed by atoms with Crippen molar-refractivity contribution in [3.8, 4) is 0 Å². The van der Waals surface area contributed by atoms with Gasteiger partial charge in [0.2, 0.25) is 0 Å². The van der Waals surface area contributed by atoms with E-state index in [1.165, 1.54) is 0 Å². The van der Waals surface area contributed by atoms with Gasteiger partial charge in [-0.05, 0) is 44.0 Å². The average molecular weight is 337 g/mol. The zero-order chi connectivity index (χ0) is 17.2. The van der Waals surface area contributed by atoms with E-state index in [0.717, 1.165) is 43.1 Å². The third-order valence-electron chi connectivity index (χ3n) is 4.47. The van der Waals surface area contributed by atoms with Crippen LogP contribution in [-0.2, 0) is 0 Å². The van der Waals surface area contributed by atoms with Crippen LogP contribution in [0, 0.1) is 6.92 Å². The van der Waals surface area contributed by atoms with Crippen molar-refractivity contribution in [2.45, 2.75) is 25.8 Å². The van der Waals surface area contributed by atoms with E-state index in [2.05, 4.69) is 25.7 Å². The molecular formula is C17H19N7O. The molecule has 3 aromatic rings.